The minimum absolute atomic E-state index is 0.0651. The monoisotopic (exact) mass is 273 g/mol. The maximum Gasteiger partial charge on any atom is 0.0411 e. The van der Waals surface area contributed by atoms with E-state index in [4.69, 9.17) is 5.73 Å². The topological polar surface area (TPSA) is 26.0 Å². The molecule has 0 bridgehead atoms. The zero-order valence-electron chi connectivity index (χ0n) is 12.3. The van der Waals surface area contributed by atoms with Gasteiger partial charge >= 0.3 is 0 Å². The van der Waals surface area contributed by atoms with E-state index in [0.29, 0.717) is 0 Å². The lowest BCUT2D eigenvalue weighted by Gasteiger charge is -2.07. The van der Waals surface area contributed by atoms with Crippen molar-refractivity contribution in [1.29, 1.82) is 0 Å². The van der Waals surface area contributed by atoms with Gasteiger partial charge in [0.2, 0.25) is 0 Å². The van der Waals surface area contributed by atoms with Crippen LogP contribution in [0.2, 0.25) is 0 Å². The normalized spacial score (nSPS) is 15.0. The molecule has 0 heterocycles. The summed E-state index contributed by atoms with van der Waals surface area (Å²) in [5.74, 6) is 6.39. The average molecular weight is 273 g/mol. The predicted octanol–water partition coefficient (Wildman–Crippen LogP) is 4.07. The zero-order chi connectivity index (χ0) is 14.9. The summed E-state index contributed by atoms with van der Waals surface area (Å²) < 4.78 is 0. The number of rotatable bonds is 2. The van der Waals surface area contributed by atoms with Crippen molar-refractivity contribution in [2.75, 3.05) is 0 Å². The molecule has 21 heavy (non-hydrogen) atoms. The van der Waals surface area contributed by atoms with E-state index in [-0.39, 0.29) is 5.54 Å². The van der Waals surface area contributed by atoms with E-state index >= 15 is 0 Å². The van der Waals surface area contributed by atoms with Crippen LogP contribution in [0.1, 0.15) is 42.0 Å². The van der Waals surface area contributed by atoms with Crippen molar-refractivity contribution in [2.45, 2.75) is 25.3 Å². The molecule has 1 nitrogen and oxygen atoms in total. The Bertz CT molecular complexity index is 720. The quantitative estimate of drug-likeness (QED) is 0.820. The molecule has 3 rings (SSSR count). The van der Waals surface area contributed by atoms with Crippen molar-refractivity contribution in [3.63, 3.8) is 0 Å². The molecular formula is C20H19N. The Labute approximate surface area is 126 Å². The van der Waals surface area contributed by atoms with Crippen molar-refractivity contribution in [2.24, 2.45) is 5.73 Å². The molecule has 0 atom stereocenters. The van der Waals surface area contributed by atoms with E-state index in [1.807, 2.05) is 19.1 Å². The van der Waals surface area contributed by atoms with Crippen LogP contribution >= 0.6 is 0 Å². The third kappa shape index (κ3) is 3.07. The predicted molar refractivity (Wildman–Crippen MR) is 88.7 cm³/mol. The average Bonchev–Trinajstić information content (AvgIpc) is 3.25. The first-order valence-corrected chi connectivity index (χ1v) is 7.24. The molecule has 0 saturated heterocycles. The highest BCUT2D eigenvalue weighted by Crippen LogP contribution is 2.42. The second kappa shape index (κ2) is 5.24. The minimum Gasteiger partial charge on any atom is -0.321 e. The number of hydrogen-bond donors (Lipinski definition) is 1. The lowest BCUT2D eigenvalue weighted by molar-refractivity contribution is 0.740. The maximum absolute atomic E-state index is 6.18. The van der Waals surface area contributed by atoms with Gasteiger partial charge in [0.05, 0.1) is 0 Å². The molecule has 104 valence electrons. The third-order valence-electron chi connectivity index (χ3n) is 3.98. The molecule has 2 aromatic carbocycles. The first-order valence-electron chi connectivity index (χ1n) is 7.24. The highest BCUT2D eigenvalue weighted by atomic mass is 14.8. The molecule has 0 spiro atoms. The summed E-state index contributed by atoms with van der Waals surface area (Å²) in [6.45, 7) is 5.94. The molecule has 0 unspecified atom stereocenters. The highest BCUT2D eigenvalue weighted by Gasteiger charge is 2.39. The van der Waals surface area contributed by atoms with E-state index in [2.05, 4.69) is 54.8 Å². The SMILES string of the molecule is C=C(C)c1ccc(C#Cc2ccc(C3(N)CC3)cc2)cc1. The van der Waals surface area contributed by atoms with Gasteiger partial charge in [-0.15, -0.1) is 0 Å². The molecule has 0 aliphatic heterocycles. The fraction of sp³-hybridized carbons (Fsp3) is 0.200. The van der Waals surface area contributed by atoms with Crippen LogP contribution in [0.4, 0.5) is 0 Å². The van der Waals surface area contributed by atoms with Crippen molar-refractivity contribution in [3.05, 3.63) is 77.4 Å². The van der Waals surface area contributed by atoms with Crippen molar-refractivity contribution in [3.8, 4) is 11.8 Å². The summed E-state index contributed by atoms with van der Waals surface area (Å²) in [5.41, 5.74) is 11.6. The number of nitrogens with two attached hydrogens (primary N) is 1. The maximum atomic E-state index is 6.18. The largest absolute Gasteiger partial charge is 0.321 e. The molecule has 1 aliphatic carbocycles. The Hall–Kier alpha value is -2.30. The molecule has 0 radical (unpaired) electrons. The van der Waals surface area contributed by atoms with Gasteiger partial charge in [-0.2, -0.15) is 0 Å². The number of benzene rings is 2. The summed E-state index contributed by atoms with van der Waals surface area (Å²) >= 11 is 0. The van der Waals surface area contributed by atoms with E-state index in [1.54, 1.807) is 0 Å². The molecule has 2 aromatic rings. The smallest absolute Gasteiger partial charge is 0.0411 e. The number of allylic oxidation sites excluding steroid dienone is 1. The Balaban J connectivity index is 1.76. The fourth-order valence-corrected chi connectivity index (χ4v) is 2.29. The van der Waals surface area contributed by atoms with E-state index in [0.717, 1.165) is 35.1 Å². The van der Waals surface area contributed by atoms with Crippen molar-refractivity contribution < 1.29 is 0 Å². The lowest BCUT2D eigenvalue weighted by Crippen LogP contribution is -2.18. The Morgan fingerprint density at radius 2 is 1.43 bits per heavy atom. The van der Waals surface area contributed by atoms with Gasteiger partial charge in [-0.3, -0.25) is 0 Å². The minimum atomic E-state index is -0.0651. The van der Waals surface area contributed by atoms with E-state index in [1.165, 1.54) is 5.56 Å². The standard InChI is InChI=1S/C20H19N/c1-15(2)18-9-5-16(6-10-18)3-4-17-7-11-19(12-8-17)20(21)13-14-20/h5-12H,1,13-14,21H2,2H3. The van der Waals surface area contributed by atoms with Crippen LogP contribution in [-0.2, 0) is 5.54 Å². The van der Waals surface area contributed by atoms with Gasteiger partial charge in [-0.05, 0) is 55.2 Å². The molecule has 1 saturated carbocycles. The fourth-order valence-electron chi connectivity index (χ4n) is 2.29. The molecule has 1 fully saturated rings. The summed E-state index contributed by atoms with van der Waals surface area (Å²) in [6.07, 6.45) is 2.18. The van der Waals surface area contributed by atoms with Gasteiger partial charge in [-0.25, -0.2) is 0 Å². The van der Waals surface area contributed by atoms with Crippen LogP contribution in [0, 0.1) is 11.8 Å². The number of hydrogen-bond acceptors (Lipinski definition) is 1. The molecule has 1 heteroatoms. The summed E-state index contributed by atoms with van der Waals surface area (Å²) in [4.78, 5) is 0. The van der Waals surface area contributed by atoms with Crippen LogP contribution in [-0.4, -0.2) is 0 Å². The Kier molecular flexibility index (Phi) is 3.41. The second-order valence-electron chi connectivity index (χ2n) is 5.84. The second-order valence-corrected chi connectivity index (χ2v) is 5.84. The van der Waals surface area contributed by atoms with E-state index in [9.17, 15) is 0 Å². The van der Waals surface area contributed by atoms with Crippen LogP contribution in [0.5, 0.6) is 0 Å². The third-order valence-corrected chi connectivity index (χ3v) is 3.98. The summed E-state index contributed by atoms with van der Waals surface area (Å²) in [7, 11) is 0. The Morgan fingerprint density at radius 3 is 1.86 bits per heavy atom. The van der Waals surface area contributed by atoms with Crippen LogP contribution in [0.15, 0.2) is 55.1 Å². The van der Waals surface area contributed by atoms with Crippen LogP contribution < -0.4 is 5.73 Å². The molecule has 2 N–H and O–H groups in total. The Morgan fingerprint density at radius 1 is 0.952 bits per heavy atom. The van der Waals surface area contributed by atoms with E-state index < -0.39 is 0 Å². The lowest BCUT2D eigenvalue weighted by atomic mass is 10.0. The molecule has 1 aliphatic rings. The first kappa shape index (κ1) is 13.7. The zero-order valence-corrected chi connectivity index (χ0v) is 12.3. The molecular weight excluding hydrogens is 254 g/mol. The van der Waals surface area contributed by atoms with Gasteiger partial charge in [0.15, 0.2) is 0 Å². The summed E-state index contributed by atoms with van der Waals surface area (Å²) in [5, 5.41) is 0. The van der Waals surface area contributed by atoms with Gasteiger partial charge in [0.1, 0.15) is 0 Å². The van der Waals surface area contributed by atoms with Gasteiger partial charge < -0.3 is 5.73 Å². The van der Waals surface area contributed by atoms with Crippen LogP contribution in [0.25, 0.3) is 5.57 Å². The molecule has 0 aromatic heterocycles. The highest BCUT2D eigenvalue weighted by molar-refractivity contribution is 5.62. The van der Waals surface area contributed by atoms with Gasteiger partial charge in [0.25, 0.3) is 0 Å². The summed E-state index contributed by atoms with van der Waals surface area (Å²) in [6, 6.07) is 16.5. The van der Waals surface area contributed by atoms with Crippen molar-refractivity contribution in [1.82, 2.24) is 0 Å². The van der Waals surface area contributed by atoms with Gasteiger partial charge in [-0.1, -0.05) is 48.3 Å². The first-order chi connectivity index (χ1) is 10.1. The van der Waals surface area contributed by atoms with Crippen molar-refractivity contribution >= 4 is 5.57 Å². The molecule has 0 amide bonds. The van der Waals surface area contributed by atoms with Gasteiger partial charge in [0, 0.05) is 16.7 Å². The van der Waals surface area contributed by atoms with Crippen LogP contribution in [0.3, 0.4) is 0 Å².